The maximum Gasteiger partial charge on any atom is 0.321 e. The number of hydrogen-bond acceptors (Lipinski definition) is 2. The zero-order valence-corrected chi connectivity index (χ0v) is 10.4. The molecule has 17 heavy (non-hydrogen) atoms. The molecular formula is C12H22N3O2+. The lowest BCUT2D eigenvalue weighted by atomic mass is 10.0. The number of rotatable bonds is 3. The van der Waals surface area contributed by atoms with E-state index >= 15 is 0 Å². The molecule has 1 aliphatic heterocycles. The van der Waals surface area contributed by atoms with Crippen LogP contribution in [0, 0.1) is 5.92 Å². The minimum absolute atomic E-state index is 0.160. The molecule has 5 nitrogen and oxygen atoms in total. The van der Waals surface area contributed by atoms with Gasteiger partial charge >= 0.3 is 6.03 Å². The van der Waals surface area contributed by atoms with Gasteiger partial charge < -0.3 is 10.2 Å². The molecule has 96 valence electrons. The van der Waals surface area contributed by atoms with Gasteiger partial charge in [-0.15, -0.1) is 0 Å². The summed E-state index contributed by atoms with van der Waals surface area (Å²) >= 11 is 0. The van der Waals surface area contributed by atoms with Gasteiger partial charge in [0, 0.05) is 12.0 Å². The maximum atomic E-state index is 11.6. The van der Waals surface area contributed by atoms with Crippen molar-refractivity contribution in [2.24, 2.45) is 5.92 Å². The van der Waals surface area contributed by atoms with Crippen molar-refractivity contribution >= 4 is 11.9 Å². The lowest BCUT2D eigenvalue weighted by molar-refractivity contribution is -0.900. The minimum Gasteiger partial charge on any atom is -0.335 e. The molecule has 0 aromatic carbocycles. The van der Waals surface area contributed by atoms with Gasteiger partial charge in [-0.25, -0.2) is 4.79 Å². The van der Waals surface area contributed by atoms with E-state index in [1.54, 1.807) is 0 Å². The molecule has 1 saturated carbocycles. The van der Waals surface area contributed by atoms with E-state index in [0.29, 0.717) is 18.5 Å². The summed E-state index contributed by atoms with van der Waals surface area (Å²) in [5.74, 6) is 0.527. The predicted octanol–water partition coefficient (Wildman–Crippen LogP) is -0.711. The molecule has 0 aromatic heterocycles. The summed E-state index contributed by atoms with van der Waals surface area (Å²) in [4.78, 5) is 24.3. The molecule has 2 rings (SSSR count). The van der Waals surface area contributed by atoms with Crippen LogP contribution in [0.15, 0.2) is 0 Å². The number of quaternary nitrogens is 1. The molecule has 1 aliphatic carbocycles. The predicted molar refractivity (Wildman–Crippen MR) is 63.7 cm³/mol. The lowest BCUT2D eigenvalue weighted by Crippen LogP contribution is -3.14. The van der Waals surface area contributed by atoms with Crippen molar-refractivity contribution in [3.05, 3.63) is 0 Å². The third kappa shape index (κ3) is 4.34. The van der Waals surface area contributed by atoms with Gasteiger partial charge in [0.05, 0.1) is 13.1 Å². The number of hydrogen-bond donors (Lipinski definition) is 3. The molecule has 0 radical (unpaired) electrons. The van der Waals surface area contributed by atoms with Gasteiger partial charge in [0.1, 0.15) is 0 Å². The van der Waals surface area contributed by atoms with E-state index < -0.39 is 0 Å². The Hall–Kier alpha value is -1.10. The van der Waals surface area contributed by atoms with E-state index in [1.165, 1.54) is 17.7 Å². The average molecular weight is 240 g/mol. The third-order valence-electron chi connectivity index (χ3n) is 3.44. The van der Waals surface area contributed by atoms with Crippen LogP contribution >= 0.6 is 0 Å². The third-order valence-corrected chi connectivity index (χ3v) is 3.44. The van der Waals surface area contributed by atoms with Crippen molar-refractivity contribution in [3.63, 3.8) is 0 Å². The second kappa shape index (κ2) is 5.49. The second-order valence-corrected chi connectivity index (χ2v) is 5.42. The minimum atomic E-state index is -0.332. The van der Waals surface area contributed by atoms with Crippen LogP contribution in [-0.2, 0) is 4.79 Å². The summed E-state index contributed by atoms with van der Waals surface area (Å²) in [6.45, 7) is 4.72. The Kier molecular flexibility index (Phi) is 3.99. The fourth-order valence-corrected chi connectivity index (χ4v) is 2.41. The number of urea groups is 1. The first kappa shape index (κ1) is 12.4. The Morgan fingerprint density at radius 2 is 2.06 bits per heavy atom. The van der Waals surface area contributed by atoms with E-state index in [9.17, 15) is 9.59 Å². The highest BCUT2D eigenvalue weighted by molar-refractivity contribution is 5.94. The fourth-order valence-electron chi connectivity index (χ4n) is 2.41. The van der Waals surface area contributed by atoms with Crippen LogP contribution in [0.25, 0.3) is 0 Å². The summed E-state index contributed by atoms with van der Waals surface area (Å²) in [7, 11) is 0. The van der Waals surface area contributed by atoms with Crippen molar-refractivity contribution in [2.75, 3.05) is 19.6 Å². The molecule has 2 fully saturated rings. The van der Waals surface area contributed by atoms with E-state index in [-0.39, 0.29) is 11.9 Å². The zero-order valence-electron chi connectivity index (χ0n) is 10.4. The van der Waals surface area contributed by atoms with Crippen LogP contribution < -0.4 is 15.5 Å². The summed E-state index contributed by atoms with van der Waals surface area (Å²) in [5.41, 5.74) is 0. The van der Waals surface area contributed by atoms with Crippen LogP contribution in [-0.4, -0.2) is 37.6 Å². The monoisotopic (exact) mass is 240 g/mol. The summed E-state index contributed by atoms with van der Waals surface area (Å²) in [6.07, 6.45) is 4.51. The second-order valence-electron chi connectivity index (χ2n) is 5.42. The standard InChI is InChI=1S/C12H21N3O2/c1-9-3-2-6-15(7-9)8-11(16)14-12(17)13-10-4-5-10/h9-10H,2-8H2,1H3,(H2,13,14,16,17)/p+1/t9-/m0/s1. The Morgan fingerprint density at radius 1 is 1.29 bits per heavy atom. The SMILES string of the molecule is C[C@H]1CCC[NH+](CC(=O)NC(=O)NC2CC2)C1. The first-order valence-corrected chi connectivity index (χ1v) is 6.57. The van der Waals surface area contributed by atoms with Crippen LogP contribution in [0.3, 0.4) is 0 Å². The van der Waals surface area contributed by atoms with E-state index in [2.05, 4.69) is 17.6 Å². The fraction of sp³-hybridized carbons (Fsp3) is 0.833. The largest absolute Gasteiger partial charge is 0.335 e. The average Bonchev–Trinajstić information content (AvgIpc) is 3.00. The smallest absolute Gasteiger partial charge is 0.321 e. The molecule has 0 spiro atoms. The molecule has 2 aliphatic rings. The summed E-state index contributed by atoms with van der Waals surface area (Å²) in [6, 6.07) is -0.0351. The van der Waals surface area contributed by atoms with Gasteiger partial charge in [-0.2, -0.15) is 0 Å². The van der Waals surface area contributed by atoms with Gasteiger partial charge in [0.15, 0.2) is 6.54 Å². The van der Waals surface area contributed by atoms with Crippen molar-refractivity contribution < 1.29 is 14.5 Å². The van der Waals surface area contributed by atoms with Crippen molar-refractivity contribution in [1.82, 2.24) is 10.6 Å². The van der Waals surface area contributed by atoms with Crippen LogP contribution in [0.4, 0.5) is 4.79 Å². The zero-order chi connectivity index (χ0) is 12.3. The quantitative estimate of drug-likeness (QED) is 0.610. The molecular weight excluding hydrogens is 218 g/mol. The van der Waals surface area contributed by atoms with Gasteiger partial charge in [-0.3, -0.25) is 10.1 Å². The Labute approximate surface area is 102 Å². The molecule has 1 unspecified atom stereocenters. The van der Waals surface area contributed by atoms with Crippen LogP contribution in [0.1, 0.15) is 32.6 Å². The Balaban J connectivity index is 1.66. The maximum absolute atomic E-state index is 11.6. The van der Waals surface area contributed by atoms with E-state index in [1.807, 2.05) is 0 Å². The number of carbonyl (C=O) groups is 2. The highest BCUT2D eigenvalue weighted by atomic mass is 16.2. The molecule has 5 heteroatoms. The number of amides is 3. The van der Waals surface area contributed by atoms with Crippen molar-refractivity contribution in [3.8, 4) is 0 Å². The van der Waals surface area contributed by atoms with Crippen molar-refractivity contribution in [2.45, 2.75) is 38.6 Å². The van der Waals surface area contributed by atoms with Crippen LogP contribution in [0.2, 0.25) is 0 Å². The van der Waals surface area contributed by atoms with E-state index in [4.69, 9.17) is 0 Å². The first-order chi connectivity index (χ1) is 8.13. The topological polar surface area (TPSA) is 62.6 Å². The number of carbonyl (C=O) groups excluding carboxylic acids is 2. The number of likely N-dealkylation sites (tertiary alicyclic amines) is 1. The first-order valence-electron chi connectivity index (χ1n) is 6.57. The van der Waals surface area contributed by atoms with Gasteiger partial charge in [0.25, 0.3) is 5.91 Å². The summed E-state index contributed by atoms with van der Waals surface area (Å²) < 4.78 is 0. The molecule has 2 atom stereocenters. The van der Waals surface area contributed by atoms with Gasteiger partial charge in [-0.05, 0) is 25.7 Å². The molecule has 0 bridgehead atoms. The lowest BCUT2D eigenvalue weighted by Gasteiger charge is -2.27. The molecule has 1 saturated heterocycles. The van der Waals surface area contributed by atoms with Crippen molar-refractivity contribution in [1.29, 1.82) is 0 Å². The van der Waals surface area contributed by atoms with Crippen LogP contribution in [0.5, 0.6) is 0 Å². The Bertz CT molecular complexity index is 302. The highest BCUT2D eigenvalue weighted by Crippen LogP contribution is 2.18. The van der Waals surface area contributed by atoms with Gasteiger partial charge in [-0.1, -0.05) is 6.92 Å². The highest BCUT2D eigenvalue weighted by Gasteiger charge is 2.26. The molecule has 3 N–H and O–H groups in total. The van der Waals surface area contributed by atoms with Gasteiger partial charge in [0.2, 0.25) is 0 Å². The van der Waals surface area contributed by atoms with E-state index in [0.717, 1.165) is 25.9 Å². The summed E-state index contributed by atoms with van der Waals surface area (Å²) in [5, 5.41) is 5.15. The molecule has 0 aromatic rings. The number of piperidine rings is 1. The number of imide groups is 1. The number of nitrogens with one attached hydrogen (secondary N) is 3. The Morgan fingerprint density at radius 3 is 2.71 bits per heavy atom. The molecule has 3 amide bonds. The normalized spacial score (nSPS) is 28.5. The molecule has 1 heterocycles.